The molecular weight excluding hydrogens is 217 g/mol. The smallest absolute Gasteiger partial charge is 0.237 e. The lowest BCUT2D eigenvalue weighted by Gasteiger charge is -2.09. The van der Waals surface area contributed by atoms with Gasteiger partial charge >= 0.3 is 0 Å². The van der Waals surface area contributed by atoms with E-state index in [4.69, 9.17) is 0 Å². The van der Waals surface area contributed by atoms with Gasteiger partial charge in [-0.2, -0.15) is 0 Å². The van der Waals surface area contributed by atoms with Gasteiger partial charge in [-0.1, -0.05) is 0 Å². The van der Waals surface area contributed by atoms with E-state index in [1.54, 1.807) is 5.51 Å². The number of thiazole rings is 1. The average molecular weight is 229 g/mol. The van der Waals surface area contributed by atoms with E-state index >= 15 is 0 Å². The molecule has 0 unspecified atom stereocenters. The van der Waals surface area contributed by atoms with Crippen LogP contribution in [0.2, 0.25) is 0 Å². The molecule has 6 heteroatoms. The van der Waals surface area contributed by atoms with Crippen LogP contribution in [0.4, 0.5) is 4.39 Å². The van der Waals surface area contributed by atoms with Crippen molar-refractivity contribution < 1.29 is 9.18 Å². The Balaban J connectivity index is 1.78. The number of alkyl halides is 1. The normalized spacial score (nSPS) is 25.4. The molecule has 82 valence electrons. The highest BCUT2D eigenvalue weighted by atomic mass is 32.1. The number of amides is 1. The molecule has 0 aliphatic carbocycles. The highest BCUT2D eigenvalue weighted by Crippen LogP contribution is 2.10. The summed E-state index contributed by atoms with van der Waals surface area (Å²) in [5, 5.41) is 7.43. The fraction of sp³-hybridized carbons (Fsp3) is 0.556. The number of carbonyl (C=O) groups is 1. The van der Waals surface area contributed by atoms with E-state index < -0.39 is 12.2 Å². The SMILES string of the molecule is O=C(NCc1cscn1)[C@H]1C[C@H](F)CN1. The Morgan fingerprint density at radius 3 is 3.27 bits per heavy atom. The highest BCUT2D eigenvalue weighted by molar-refractivity contribution is 7.07. The number of aromatic nitrogens is 1. The first-order chi connectivity index (χ1) is 7.25. The lowest BCUT2D eigenvalue weighted by atomic mass is 10.2. The van der Waals surface area contributed by atoms with E-state index in [1.165, 1.54) is 11.3 Å². The molecule has 0 radical (unpaired) electrons. The number of carbonyl (C=O) groups excluding carboxylic acids is 1. The third-order valence-electron chi connectivity index (χ3n) is 2.32. The molecule has 0 aromatic carbocycles. The zero-order chi connectivity index (χ0) is 10.7. The molecule has 2 rings (SSSR count). The predicted molar refractivity (Wildman–Crippen MR) is 55.3 cm³/mol. The summed E-state index contributed by atoms with van der Waals surface area (Å²) >= 11 is 1.49. The molecule has 15 heavy (non-hydrogen) atoms. The maximum absolute atomic E-state index is 12.8. The van der Waals surface area contributed by atoms with Crippen LogP contribution >= 0.6 is 11.3 Å². The number of nitrogens with one attached hydrogen (secondary N) is 2. The number of nitrogens with zero attached hydrogens (tertiary/aromatic N) is 1. The first-order valence-corrected chi connectivity index (χ1v) is 5.72. The minimum atomic E-state index is -0.903. The highest BCUT2D eigenvalue weighted by Gasteiger charge is 2.28. The Morgan fingerprint density at radius 2 is 2.67 bits per heavy atom. The van der Waals surface area contributed by atoms with Gasteiger partial charge in [0, 0.05) is 18.3 Å². The van der Waals surface area contributed by atoms with Crippen molar-refractivity contribution in [1.29, 1.82) is 0 Å². The third-order valence-corrected chi connectivity index (χ3v) is 2.96. The van der Waals surface area contributed by atoms with Crippen molar-refractivity contribution in [1.82, 2.24) is 15.6 Å². The monoisotopic (exact) mass is 229 g/mol. The van der Waals surface area contributed by atoms with Crippen LogP contribution in [0.3, 0.4) is 0 Å². The maximum Gasteiger partial charge on any atom is 0.237 e. The molecule has 1 amide bonds. The summed E-state index contributed by atoms with van der Waals surface area (Å²) in [5.41, 5.74) is 2.55. The largest absolute Gasteiger partial charge is 0.349 e. The summed E-state index contributed by atoms with van der Waals surface area (Å²) in [7, 11) is 0. The number of rotatable bonds is 3. The van der Waals surface area contributed by atoms with Crippen molar-refractivity contribution in [2.24, 2.45) is 0 Å². The van der Waals surface area contributed by atoms with Gasteiger partial charge in [0.2, 0.25) is 5.91 Å². The van der Waals surface area contributed by atoms with Crippen LogP contribution in [0.25, 0.3) is 0 Å². The zero-order valence-corrected chi connectivity index (χ0v) is 8.89. The zero-order valence-electron chi connectivity index (χ0n) is 8.07. The molecule has 0 saturated carbocycles. The van der Waals surface area contributed by atoms with E-state index in [1.807, 2.05) is 5.38 Å². The minimum absolute atomic E-state index is 0.150. The number of halogens is 1. The van der Waals surface area contributed by atoms with E-state index in [-0.39, 0.29) is 18.9 Å². The van der Waals surface area contributed by atoms with Gasteiger partial charge in [0.25, 0.3) is 0 Å². The van der Waals surface area contributed by atoms with Crippen LogP contribution in [-0.4, -0.2) is 29.6 Å². The topological polar surface area (TPSA) is 54.0 Å². The summed E-state index contributed by atoms with van der Waals surface area (Å²) in [6.07, 6.45) is -0.636. The van der Waals surface area contributed by atoms with Gasteiger partial charge in [-0.15, -0.1) is 11.3 Å². The second-order valence-electron chi connectivity index (χ2n) is 3.49. The molecule has 4 nitrogen and oxygen atoms in total. The Labute approximate surface area is 90.9 Å². The standard InChI is InChI=1S/C9H12FN3OS/c10-6-1-8(11-2-6)9(14)12-3-7-4-15-5-13-7/h4-6,8,11H,1-3H2,(H,12,14)/t6-,8+/m0/s1. The van der Waals surface area contributed by atoms with Crippen molar-refractivity contribution in [3.05, 3.63) is 16.6 Å². The van der Waals surface area contributed by atoms with Crippen LogP contribution in [0.15, 0.2) is 10.9 Å². The molecule has 1 aromatic heterocycles. The molecule has 2 atom stereocenters. The summed E-state index contributed by atoms with van der Waals surface area (Å²) in [5.74, 6) is -0.150. The van der Waals surface area contributed by atoms with Gasteiger partial charge in [-0.05, 0) is 0 Å². The molecule has 1 fully saturated rings. The molecule has 0 spiro atoms. The Hall–Kier alpha value is -1.01. The van der Waals surface area contributed by atoms with Crippen LogP contribution in [-0.2, 0) is 11.3 Å². The summed E-state index contributed by atoms with van der Waals surface area (Å²) < 4.78 is 12.8. The minimum Gasteiger partial charge on any atom is -0.349 e. The molecule has 1 aliphatic rings. The maximum atomic E-state index is 12.8. The van der Waals surface area contributed by atoms with E-state index in [0.29, 0.717) is 6.54 Å². The van der Waals surface area contributed by atoms with Crippen molar-refractivity contribution in [3.8, 4) is 0 Å². The molecule has 2 heterocycles. The summed E-state index contributed by atoms with van der Waals surface area (Å²) in [6, 6.07) is -0.390. The van der Waals surface area contributed by atoms with E-state index in [2.05, 4.69) is 15.6 Å². The molecule has 1 saturated heterocycles. The average Bonchev–Trinajstić information content (AvgIpc) is 2.84. The lowest BCUT2D eigenvalue weighted by Crippen LogP contribution is -2.40. The van der Waals surface area contributed by atoms with Crippen LogP contribution in [0, 0.1) is 0 Å². The van der Waals surface area contributed by atoms with Crippen LogP contribution in [0.1, 0.15) is 12.1 Å². The lowest BCUT2D eigenvalue weighted by molar-refractivity contribution is -0.123. The van der Waals surface area contributed by atoms with Gasteiger partial charge in [-0.25, -0.2) is 9.37 Å². The van der Waals surface area contributed by atoms with E-state index in [0.717, 1.165) is 5.69 Å². The van der Waals surface area contributed by atoms with Gasteiger partial charge in [0.15, 0.2) is 0 Å². The molecule has 1 aromatic rings. The fourth-order valence-corrected chi connectivity index (χ4v) is 2.08. The first kappa shape index (κ1) is 10.5. The van der Waals surface area contributed by atoms with Crippen LogP contribution < -0.4 is 10.6 Å². The Bertz CT molecular complexity index is 330. The summed E-state index contributed by atoms with van der Waals surface area (Å²) in [6.45, 7) is 0.687. The van der Waals surface area contributed by atoms with Crippen molar-refractivity contribution in [2.45, 2.75) is 25.2 Å². The Morgan fingerprint density at radius 1 is 1.80 bits per heavy atom. The predicted octanol–water partition coefficient (Wildman–Crippen LogP) is 0.459. The van der Waals surface area contributed by atoms with Crippen molar-refractivity contribution in [2.75, 3.05) is 6.54 Å². The van der Waals surface area contributed by atoms with Gasteiger partial charge in [0.05, 0.1) is 23.8 Å². The van der Waals surface area contributed by atoms with Gasteiger partial charge in [0.1, 0.15) is 6.17 Å². The second kappa shape index (κ2) is 4.67. The van der Waals surface area contributed by atoms with Crippen LogP contribution in [0.5, 0.6) is 0 Å². The fourth-order valence-electron chi connectivity index (χ4n) is 1.52. The first-order valence-electron chi connectivity index (χ1n) is 4.78. The van der Waals surface area contributed by atoms with Gasteiger partial charge in [-0.3, -0.25) is 4.79 Å². The quantitative estimate of drug-likeness (QED) is 0.791. The van der Waals surface area contributed by atoms with Crippen molar-refractivity contribution >= 4 is 17.2 Å². The number of hydrogen-bond acceptors (Lipinski definition) is 4. The van der Waals surface area contributed by atoms with Crippen molar-refractivity contribution in [3.63, 3.8) is 0 Å². The van der Waals surface area contributed by atoms with Gasteiger partial charge < -0.3 is 10.6 Å². The molecule has 2 N–H and O–H groups in total. The Kier molecular flexibility index (Phi) is 3.27. The van der Waals surface area contributed by atoms with E-state index in [9.17, 15) is 9.18 Å². The third kappa shape index (κ3) is 2.73. The second-order valence-corrected chi connectivity index (χ2v) is 4.21. The molecule has 0 bridgehead atoms. The molecule has 1 aliphatic heterocycles. The molecular formula is C9H12FN3OS. The number of hydrogen-bond donors (Lipinski definition) is 2. The summed E-state index contributed by atoms with van der Waals surface area (Å²) in [4.78, 5) is 15.6.